The molecular weight excluding hydrogens is 541 g/mol. The van der Waals surface area contributed by atoms with Crippen molar-refractivity contribution in [2.24, 2.45) is 5.73 Å². The lowest BCUT2D eigenvalue weighted by molar-refractivity contribution is -0.140. The van der Waals surface area contributed by atoms with Crippen molar-refractivity contribution in [3.63, 3.8) is 0 Å². The van der Waals surface area contributed by atoms with E-state index in [1.165, 1.54) is 12.1 Å². The van der Waals surface area contributed by atoms with Gasteiger partial charge in [0.15, 0.2) is 0 Å². The number of halogens is 10. The lowest BCUT2D eigenvalue weighted by Crippen LogP contribution is -2.41. The lowest BCUT2D eigenvalue weighted by atomic mass is 9.77. The van der Waals surface area contributed by atoms with Gasteiger partial charge in [-0.1, -0.05) is 34.1 Å². The maximum atomic E-state index is 14.3. The van der Waals surface area contributed by atoms with Gasteiger partial charge in [0.05, 0.1) is 11.1 Å². The minimum atomic E-state index is -5.12. The number of alkyl halides is 7. The molecule has 1 nitrogen and oxygen atoms in total. The van der Waals surface area contributed by atoms with Crippen LogP contribution in [0.25, 0.3) is 0 Å². The smallest absolute Gasteiger partial charge is 0.317 e. The fourth-order valence-electron chi connectivity index (χ4n) is 3.48. The molecule has 0 fully saturated rings. The topological polar surface area (TPSA) is 26.0 Å². The summed E-state index contributed by atoms with van der Waals surface area (Å²) in [4.78, 5) is 0. The van der Waals surface area contributed by atoms with E-state index in [1.54, 1.807) is 12.1 Å². The molecule has 0 aromatic heterocycles. The van der Waals surface area contributed by atoms with E-state index in [1.807, 2.05) is 0 Å². The summed E-state index contributed by atoms with van der Waals surface area (Å²) in [5.41, 5.74) is 0.739. The first-order valence-corrected chi connectivity index (χ1v) is 10.3. The quantitative estimate of drug-likeness (QED) is 0.312. The van der Waals surface area contributed by atoms with Crippen LogP contribution in [0.2, 0.25) is 0 Å². The summed E-state index contributed by atoms with van der Waals surface area (Å²) in [5, 5.41) is 0. The molecule has 0 saturated heterocycles. The second kappa shape index (κ2) is 9.26. The molecule has 0 amide bonds. The van der Waals surface area contributed by atoms with Gasteiger partial charge in [-0.3, -0.25) is 0 Å². The van der Waals surface area contributed by atoms with Gasteiger partial charge in [-0.2, -0.15) is 22.0 Å². The molecule has 0 radical (unpaired) electrons. The molecule has 0 saturated carbocycles. The molecule has 0 spiro atoms. The zero-order valence-corrected chi connectivity index (χ0v) is 18.5. The molecule has 11 heteroatoms. The minimum absolute atomic E-state index is 0.196. The molecule has 1 atom stereocenters. The van der Waals surface area contributed by atoms with Gasteiger partial charge in [-0.15, -0.1) is 0 Å². The third-order valence-corrected chi connectivity index (χ3v) is 5.78. The first-order chi connectivity index (χ1) is 15.6. The van der Waals surface area contributed by atoms with Crippen molar-refractivity contribution in [1.82, 2.24) is 0 Å². The van der Waals surface area contributed by atoms with E-state index in [-0.39, 0.29) is 18.1 Å². The highest BCUT2D eigenvalue weighted by Crippen LogP contribution is 2.40. The summed E-state index contributed by atoms with van der Waals surface area (Å²) < 4.78 is 123. The highest BCUT2D eigenvalue weighted by molar-refractivity contribution is 9.10. The summed E-state index contributed by atoms with van der Waals surface area (Å²) in [6.07, 6.45) is -9.65. The predicted octanol–water partition coefficient (Wildman–Crippen LogP) is 7.55. The number of nitrogens with two attached hydrogens (primary N) is 1. The Bertz CT molecular complexity index is 1180. The average Bonchev–Trinajstić information content (AvgIpc) is 2.74. The van der Waals surface area contributed by atoms with Crippen LogP contribution in [-0.4, -0.2) is 6.43 Å². The van der Waals surface area contributed by atoms with E-state index in [2.05, 4.69) is 15.9 Å². The largest absolute Gasteiger partial charge is 0.419 e. The third-order valence-electron chi connectivity index (χ3n) is 5.25. The predicted molar refractivity (Wildman–Crippen MR) is 111 cm³/mol. The highest BCUT2D eigenvalue weighted by Gasteiger charge is 2.44. The average molecular weight is 556 g/mol. The molecule has 34 heavy (non-hydrogen) atoms. The molecule has 3 rings (SSSR count). The van der Waals surface area contributed by atoms with Crippen molar-refractivity contribution in [2.45, 2.75) is 30.5 Å². The summed E-state index contributed by atoms with van der Waals surface area (Å²) in [6.45, 7) is 0. The number of hydrogen-bond donors (Lipinski definition) is 1. The first kappa shape index (κ1) is 26.1. The van der Waals surface area contributed by atoms with Crippen molar-refractivity contribution >= 4 is 15.9 Å². The van der Waals surface area contributed by atoms with Crippen LogP contribution >= 0.6 is 15.9 Å². The van der Waals surface area contributed by atoms with Gasteiger partial charge in [0.1, 0.15) is 11.6 Å². The molecule has 182 valence electrons. The molecule has 0 aliphatic heterocycles. The maximum absolute atomic E-state index is 14.3. The molecule has 0 aliphatic carbocycles. The van der Waals surface area contributed by atoms with Crippen LogP contribution in [0, 0.1) is 11.6 Å². The zero-order chi connectivity index (χ0) is 25.5. The van der Waals surface area contributed by atoms with Gasteiger partial charge in [-0.05, 0) is 65.6 Å². The number of rotatable bonds is 6. The molecule has 2 N–H and O–H groups in total. The molecule has 0 heterocycles. The van der Waals surface area contributed by atoms with Crippen molar-refractivity contribution in [3.8, 4) is 0 Å². The Balaban J connectivity index is 2.27. The van der Waals surface area contributed by atoms with Crippen LogP contribution in [0.15, 0.2) is 65.1 Å². The summed E-state index contributed by atoms with van der Waals surface area (Å²) in [5.74, 6) is -7.71. The molecule has 0 unspecified atom stereocenters. The molecular formula is C23H15BrF9N. The monoisotopic (exact) mass is 555 g/mol. The van der Waals surface area contributed by atoms with Crippen LogP contribution in [0.3, 0.4) is 0 Å². The van der Waals surface area contributed by atoms with Crippen LogP contribution in [-0.2, 0) is 24.1 Å². The van der Waals surface area contributed by atoms with Crippen LogP contribution in [0.4, 0.5) is 39.5 Å². The van der Waals surface area contributed by atoms with Gasteiger partial charge >= 0.3 is 18.5 Å². The first-order valence-electron chi connectivity index (χ1n) is 9.52. The normalized spacial score (nSPS) is 14.4. The van der Waals surface area contributed by atoms with Crippen molar-refractivity contribution in [3.05, 3.63) is 105 Å². The minimum Gasteiger partial charge on any atom is -0.317 e. The lowest BCUT2D eigenvalue weighted by Gasteiger charge is -2.33. The Morgan fingerprint density at radius 3 is 1.91 bits per heavy atom. The molecule has 0 bridgehead atoms. The zero-order valence-electron chi connectivity index (χ0n) is 16.9. The third kappa shape index (κ3) is 5.25. The number of benzene rings is 3. The highest BCUT2D eigenvalue weighted by atomic mass is 79.9. The Morgan fingerprint density at radius 1 is 0.765 bits per heavy atom. The fraction of sp³-hybridized carbons (Fsp3) is 0.217. The van der Waals surface area contributed by atoms with Crippen molar-refractivity contribution in [1.29, 1.82) is 0 Å². The van der Waals surface area contributed by atoms with Gasteiger partial charge < -0.3 is 5.73 Å². The van der Waals surface area contributed by atoms with Crippen LogP contribution in [0.5, 0.6) is 0 Å². The second-order valence-corrected chi connectivity index (χ2v) is 8.53. The molecule has 0 aliphatic rings. The second-order valence-electron chi connectivity index (χ2n) is 7.62. The van der Waals surface area contributed by atoms with Gasteiger partial charge in [-0.25, -0.2) is 17.6 Å². The maximum Gasteiger partial charge on any atom is 0.419 e. The van der Waals surface area contributed by atoms with E-state index < -0.39 is 52.4 Å². The van der Waals surface area contributed by atoms with Gasteiger partial charge in [0.2, 0.25) is 0 Å². The van der Waals surface area contributed by atoms with E-state index >= 15 is 0 Å². The summed E-state index contributed by atoms with van der Waals surface area (Å²) in [7, 11) is 0. The van der Waals surface area contributed by atoms with E-state index in [0.717, 1.165) is 6.07 Å². The van der Waals surface area contributed by atoms with E-state index in [4.69, 9.17) is 5.73 Å². The Kier molecular flexibility index (Phi) is 7.10. The summed E-state index contributed by atoms with van der Waals surface area (Å²) in [6, 6.07) is 9.36. The summed E-state index contributed by atoms with van der Waals surface area (Å²) >= 11 is 3.21. The van der Waals surface area contributed by atoms with Gasteiger partial charge in [0.25, 0.3) is 0 Å². The molecule has 3 aromatic carbocycles. The van der Waals surface area contributed by atoms with E-state index in [9.17, 15) is 39.5 Å². The standard InChI is InChI=1S/C23H15BrF9N/c24-16-4-1-12(2-5-16)11-21(34,13-3-6-19(26)18(10-13)23(31,32)33)14-7-15(9-17(25)8-14)22(29,30)20(27)28/h1-10,20H,11,34H2/t21-/m1/s1. The van der Waals surface area contributed by atoms with Gasteiger partial charge in [0, 0.05) is 10.0 Å². The Morgan fingerprint density at radius 2 is 1.35 bits per heavy atom. The van der Waals surface area contributed by atoms with Crippen LogP contribution in [0.1, 0.15) is 27.8 Å². The number of hydrogen-bond acceptors (Lipinski definition) is 1. The SMILES string of the molecule is N[C@@](Cc1ccc(Br)cc1)(c1cc(F)cc(C(F)(F)C(F)F)c1)c1ccc(F)c(C(F)(F)F)c1. The van der Waals surface area contributed by atoms with Crippen molar-refractivity contribution in [2.75, 3.05) is 0 Å². The van der Waals surface area contributed by atoms with E-state index in [0.29, 0.717) is 34.3 Å². The Labute approximate surface area is 196 Å². The molecule has 3 aromatic rings. The fourth-order valence-corrected chi connectivity index (χ4v) is 3.74. The van der Waals surface area contributed by atoms with Crippen LogP contribution < -0.4 is 5.73 Å². The van der Waals surface area contributed by atoms with Crippen molar-refractivity contribution < 1.29 is 39.5 Å². The Hall–Kier alpha value is -2.53.